The third-order valence-electron chi connectivity index (χ3n) is 1.99. The molecule has 0 saturated heterocycles. The van der Waals surface area contributed by atoms with Crippen molar-refractivity contribution >= 4 is 11.6 Å². The second-order valence-corrected chi connectivity index (χ2v) is 3.47. The summed E-state index contributed by atoms with van der Waals surface area (Å²) in [5.74, 6) is 1.52. The van der Waals surface area contributed by atoms with Crippen LogP contribution in [0.25, 0.3) is 0 Å². The average Bonchev–Trinajstić information content (AvgIpc) is 2.16. The first kappa shape index (κ1) is 11.1. The number of allylic oxidation sites excluding steroid dienone is 1. The summed E-state index contributed by atoms with van der Waals surface area (Å²) >= 11 is 5.50. The van der Waals surface area contributed by atoms with Gasteiger partial charge in [-0.1, -0.05) is 30.4 Å². The van der Waals surface area contributed by atoms with E-state index in [-0.39, 0.29) is 0 Å². The smallest absolute Gasteiger partial charge is 0.125 e. The number of hydrogen-bond donors (Lipinski definition) is 0. The van der Waals surface area contributed by atoms with Gasteiger partial charge in [0.05, 0.1) is 0 Å². The van der Waals surface area contributed by atoms with Gasteiger partial charge in [0.15, 0.2) is 0 Å². The Balaban J connectivity index is 2.62. The van der Waals surface area contributed by atoms with Gasteiger partial charge in [0.2, 0.25) is 0 Å². The highest BCUT2D eigenvalue weighted by Crippen LogP contribution is 2.21. The Morgan fingerprint density at radius 2 is 1.86 bits per heavy atom. The van der Waals surface area contributed by atoms with Crippen molar-refractivity contribution in [2.45, 2.75) is 13.8 Å². The molecular formula is C12H15ClO. The molecule has 76 valence electrons. The number of halogens is 1. The van der Waals surface area contributed by atoms with Crippen molar-refractivity contribution in [3.05, 3.63) is 41.5 Å². The predicted molar refractivity (Wildman–Crippen MR) is 61.3 cm³/mol. The maximum Gasteiger partial charge on any atom is 0.125 e. The normalized spacial score (nSPS) is 10.8. The van der Waals surface area contributed by atoms with E-state index in [4.69, 9.17) is 16.3 Å². The molecule has 2 heteroatoms. The first-order valence-corrected chi connectivity index (χ1v) is 5.19. The van der Waals surface area contributed by atoms with Gasteiger partial charge in [-0.25, -0.2) is 0 Å². The van der Waals surface area contributed by atoms with Crippen LogP contribution in [0.2, 0.25) is 0 Å². The van der Waals surface area contributed by atoms with Gasteiger partial charge >= 0.3 is 0 Å². The van der Waals surface area contributed by atoms with Crippen molar-refractivity contribution in [1.29, 1.82) is 0 Å². The molecule has 0 bridgehead atoms. The standard InChI is InChI=1S/C12H15ClO/c1-10-6-5-7-11(2)12(10)14-9-4-3-8-13/h3-7H,8-9H2,1-2H3/b4-3+. The molecular weight excluding hydrogens is 196 g/mol. The van der Waals surface area contributed by atoms with E-state index in [1.165, 1.54) is 11.1 Å². The van der Waals surface area contributed by atoms with Crippen molar-refractivity contribution in [2.24, 2.45) is 0 Å². The Kier molecular flexibility index (Phi) is 4.54. The largest absolute Gasteiger partial charge is 0.489 e. The fourth-order valence-electron chi connectivity index (χ4n) is 1.29. The van der Waals surface area contributed by atoms with Gasteiger partial charge in [-0.05, 0) is 25.0 Å². The van der Waals surface area contributed by atoms with E-state index in [0.29, 0.717) is 12.5 Å². The molecule has 0 saturated carbocycles. The van der Waals surface area contributed by atoms with Gasteiger partial charge in [0, 0.05) is 5.88 Å². The van der Waals surface area contributed by atoms with Gasteiger partial charge in [0.25, 0.3) is 0 Å². The van der Waals surface area contributed by atoms with Crippen LogP contribution in [0.3, 0.4) is 0 Å². The molecule has 0 aromatic heterocycles. The first-order chi connectivity index (χ1) is 6.75. The molecule has 0 N–H and O–H groups in total. The molecule has 0 aliphatic carbocycles. The average molecular weight is 211 g/mol. The number of rotatable bonds is 4. The van der Waals surface area contributed by atoms with E-state index in [0.717, 1.165) is 5.75 Å². The van der Waals surface area contributed by atoms with Crippen LogP contribution in [-0.4, -0.2) is 12.5 Å². The zero-order chi connectivity index (χ0) is 10.4. The Labute approximate surface area is 90.3 Å². The van der Waals surface area contributed by atoms with Gasteiger partial charge in [-0.15, -0.1) is 11.6 Å². The SMILES string of the molecule is Cc1cccc(C)c1OC/C=C/CCl. The maximum absolute atomic E-state index is 5.62. The second kappa shape index (κ2) is 5.71. The fraction of sp³-hybridized carbons (Fsp3) is 0.333. The number of hydrogen-bond acceptors (Lipinski definition) is 1. The summed E-state index contributed by atoms with van der Waals surface area (Å²) in [4.78, 5) is 0. The molecule has 0 spiro atoms. The molecule has 0 amide bonds. The van der Waals surface area contributed by atoms with Crippen LogP contribution in [0.4, 0.5) is 0 Å². The van der Waals surface area contributed by atoms with Crippen molar-refractivity contribution < 1.29 is 4.74 Å². The van der Waals surface area contributed by atoms with Crippen LogP contribution < -0.4 is 4.74 Å². The molecule has 0 atom stereocenters. The lowest BCUT2D eigenvalue weighted by molar-refractivity contribution is 0.357. The van der Waals surface area contributed by atoms with E-state index >= 15 is 0 Å². The maximum atomic E-state index is 5.62. The van der Waals surface area contributed by atoms with Gasteiger partial charge < -0.3 is 4.74 Å². The summed E-state index contributed by atoms with van der Waals surface area (Å²) in [6.45, 7) is 4.68. The molecule has 14 heavy (non-hydrogen) atoms. The Morgan fingerprint density at radius 1 is 1.21 bits per heavy atom. The number of ether oxygens (including phenoxy) is 1. The summed E-state index contributed by atoms with van der Waals surface area (Å²) in [5, 5.41) is 0. The number of para-hydroxylation sites is 1. The van der Waals surface area contributed by atoms with E-state index < -0.39 is 0 Å². The predicted octanol–water partition coefficient (Wildman–Crippen LogP) is 3.48. The summed E-state index contributed by atoms with van der Waals surface area (Å²) in [6.07, 6.45) is 3.81. The van der Waals surface area contributed by atoms with Crippen LogP contribution in [0, 0.1) is 13.8 Å². The fourth-order valence-corrected chi connectivity index (χ4v) is 1.42. The highest BCUT2D eigenvalue weighted by Gasteiger charge is 2.00. The Morgan fingerprint density at radius 3 is 2.43 bits per heavy atom. The molecule has 1 aromatic carbocycles. The molecule has 0 heterocycles. The van der Waals surface area contributed by atoms with Gasteiger partial charge in [-0.3, -0.25) is 0 Å². The van der Waals surface area contributed by atoms with Crippen LogP contribution in [-0.2, 0) is 0 Å². The lowest BCUT2D eigenvalue weighted by atomic mass is 10.1. The molecule has 0 fully saturated rings. The monoisotopic (exact) mass is 210 g/mol. The van der Waals surface area contributed by atoms with Crippen molar-refractivity contribution in [2.75, 3.05) is 12.5 Å². The minimum Gasteiger partial charge on any atom is -0.489 e. The van der Waals surface area contributed by atoms with Crippen LogP contribution in [0.5, 0.6) is 5.75 Å². The molecule has 1 aromatic rings. The molecule has 0 aliphatic rings. The van der Waals surface area contributed by atoms with Crippen LogP contribution >= 0.6 is 11.6 Å². The lowest BCUT2D eigenvalue weighted by Crippen LogP contribution is -1.97. The minimum atomic E-state index is 0.538. The Bertz CT molecular complexity index is 298. The summed E-state index contributed by atoms with van der Waals surface area (Å²) in [5.41, 5.74) is 2.34. The number of benzene rings is 1. The van der Waals surface area contributed by atoms with Crippen molar-refractivity contribution in [1.82, 2.24) is 0 Å². The van der Waals surface area contributed by atoms with Gasteiger partial charge in [-0.2, -0.15) is 0 Å². The van der Waals surface area contributed by atoms with E-state index in [2.05, 4.69) is 0 Å². The molecule has 0 aliphatic heterocycles. The van der Waals surface area contributed by atoms with Crippen LogP contribution in [0.15, 0.2) is 30.4 Å². The zero-order valence-corrected chi connectivity index (χ0v) is 9.34. The van der Waals surface area contributed by atoms with Crippen molar-refractivity contribution in [3.8, 4) is 5.75 Å². The Hall–Kier alpha value is -0.950. The van der Waals surface area contributed by atoms with Gasteiger partial charge in [0.1, 0.15) is 12.4 Å². The second-order valence-electron chi connectivity index (χ2n) is 3.16. The molecule has 1 nitrogen and oxygen atoms in total. The quantitative estimate of drug-likeness (QED) is 0.546. The van der Waals surface area contributed by atoms with E-state index in [1.54, 1.807) is 0 Å². The summed E-state index contributed by atoms with van der Waals surface area (Å²) in [6, 6.07) is 6.13. The highest BCUT2D eigenvalue weighted by molar-refractivity contribution is 6.18. The number of aryl methyl sites for hydroxylation is 2. The molecule has 0 unspecified atom stereocenters. The summed E-state index contributed by atoms with van der Waals surface area (Å²) in [7, 11) is 0. The van der Waals surface area contributed by atoms with Crippen molar-refractivity contribution in [3.63, 3.8) is 0 Å². The van der Waals surface area contributed by atoms with E-state index in [9.17, 15) is 0 Å². The van der Waals surface area contributed by atoms with Crippen LogP contribution in [0.1, 0.15) is 11.1 Å². The third-order valence-corrected chi connectivity index (χ3v) is 2.17. The lowest BCUT2D eigenvalue weighted by Gasteiger charge is -2.09. The third kappa shape index (κ3) is 3.08. The first-order valence-electron chi connectivity index (χ1n) is 4.65. The topological polar surface area (TPSA) is 9.23 Å². The zero-order valence-electron chi connectivity index (χ0n) is 8.59. The summed E-state index contributed by atoms with van der Waals surface area (Å²) < 4.78 is 5.62. The minimum absolute atomic E-state index is 0.538. The molecule has 1 rings (SSSR count). The number of alkyl halides is 1. The highest BCUT2D eigenvalue weighted by atomic mass is 35.5. The van der Waals surface area contributed by atoms with E-state index in [1.807, 2.05) is 44.2 Å². The molecule has 0 radical (unpaired) electrons.